The SMILES string of the molecule is CC(C)CNCC(O)C(=O)O. The van der Waals surface area contributed by atoms with Crippen LogP contribution in [-0.2, 0) is 4.79 Å². The minimum Gasteiger partial charge on any atom is -0.479 e. The molecule has 0 amide bonds. The molecule has 0 aromatic carbocycles. The van der Waals surface area contributed by atoms with Crippen molar-refractivity contribution in [2.24, 2.45) is 5.92 Å². The first-order valence-electron chi connectivity index (χ1n) is 3.65. The van der Waals surface area contributed by atoms with Gasteiger partial charge in [-0.2, -0.15) is 0 Å². The van der Waals surface area contributed by atoms with Gasteiger partial charge in [0.25, 0.3) is 0 Å². The number of rotatable bonds is 5. The molecule has 0 saturated carbocycles. The van der Waals surface area contributed by atoms with E-state index < -0.39 is 12.1 Å². The van der Waals surface area contributed by atoms with Crippen molar-refractivity contribution in [3.63, 3.8) is 0 Å². The lowest BCUT2D eigenvalue weighted by molar-refractivity contribution is -0.146. The molecule has 1 unspecified atom stereocenters. The smallest absolute Gasteiger partial charge is 0.333 e. The molecule has 4 heteroatoms. The number of aliphatic hydroxyl groups is 1. The Labute approximate surface area is 66.2 Å². The first-order valence-corrected chi connectivity index (χ1v) is 3.65. The summed E-state index contributed by atoms with van der Waals surface area (Å²) in [6, 6.07) is 0. The number of hydrogen-bond acceptors (Lipinski definition) is 3. The molecule has 0 aromatic rings. The topological polar surface area (TPSA) is 69.6 Å². The van der Waals surface area contributed by atoms with Crippen molar-refractivity contribution in [2.75, 3.05) is 13.1 Å². The van der Waals surface area contributed by atoms with Gasteiger partial charge in [-0.25, -0.2) is 4.79 Å². The Bertz CT molecular complexity index is 125. The fourth-order valence-corrected chi connectivity index (χ4v) is 0.596. The average molecular weight is 161 g/mol. The van der Waals surface area contributed by atoms with Crippen LogP contribution in [-0.4, -0.2) is 35.4 Å². The maximum Gasteiger partial charge on any atom is 0.333 e. The Balaban J connectivity index is 3.31. The van der Waals surface area contributed by atoms with E-state index in [9.17, 15) is 4.79 Å². The highest BCUT2D eigenvalue weighted by atomic mass is 16.4. The highest BCUT2D eigenvalue weighted by molar-refractivity contribution is 5.72. The second-order valence-corrected chi connectivity index (χ2v) is 2.91. The second kappa shape index (κ2) is 5.09. The maximum atomic E-state index is 10.1. The van der Waals surface area contributed by atoms with Gasteiger partial charge in [0.1, 0.15) is 0 Å². The quantitative estimate of drug-likeness (QED) is 0.516. The van der Waals surface area contributed by atoms with E-state index in [-0.39, 0.29) is 6.54 Å². The van der Waals surface area contributed by atoms with E-state index in [0.717, 1.165) is 6.54 Å². The van der Waals surface area contributed by atoms with Gasteiger partial charge in [-0.1, -0.05) is 13.8 Å². The summed E-state index contributed by atoms with van der Waals surface area (Å²) >= 11 is 0. The first-order chi connectivity index (χ1) is 5.04. The minimum atomic E-state index is -1.28. The molecular formula is C7H15NO3. The van der Waals surface area contributed by atoms with E-state index in [1.54, 1.807) is 0 Å². The Morgan fingerprint density at radius 1 is 1.45 bits per heavy atom. The highest BCUT2D eigenvalue weighted by Crippen LogP contribution is 1.87. The summed E-state index contributed by atoms with van der Waals surface area (Å²) in [6.07, 6.45) is -1.28. The predicted octanol–water partition coefficient (Wildman–Crippen LogP) is -0.323. The number of hydrogen-bond donors (Lipinski definition) is 3. The summed E-state index contributed by atoms with van der Waals surface area (Å²) in [5, 5.41) is 19.9. The van der Waals surface area contributed by atoms with E-state index in [1.807, 2.05) is 13.8 Å². The molecule has 1 atom stereocenters. The van der Waals surface area contributed by atoms with Crippen LogP contribution >= 0.6 is 0 Å². The molecule has 0 bridgehead atoms. The molecule has 11 heavy (non-hydrogen) atoms. The molecule has 0 spiro atoms. The number of aliphatic carboxylic acids is 1. The molecule has 66 valence electrons. The maximum absolute atomic E-state index is 10.1. The normalized spacial score (nSPS) is 13.5. The average Bonchev–Trinajstić information content (AvgIpc) is 1.86. The highest BCUT2D eigenvalue weighted by Gasteiger charge is 2.11. The third kappa shape index (κ3) is 5.82. The van der Waals surface area contributed by atoms with E-state index in [1.165, 1.54) is 0 Å². The molecule has 0 fully saturated rings. The molecule has 0 aliphatic heterocycles. The number of carboxylic acid groups (broad SMARTS) is 1. The van der Waals surface area contributed by atoms with Crippen molar-refractivity contribution in [3.05, 3.63) is 0 Å². The van der Waals surface area contributed by atoms with Crippen LogP contribution in [0.1, 0.15) is 13.8 Å². The number of carboxylic acids is 1. The Kier molecular flexibility index (Phi) is 4.81. The van der Waals surface area contributed by atoms with E-state index in [4.69, 9.17) is 10.2 Å². The standard InChI is InChI=1S/C7H15NO3/c1-5(2)3-8-4-6(9)7(10)11/h5-6,8-9H,3-4H2,1-2H3,(H,10,11). The summed E-state index contributed by atoms with van der Waals surface area (Å²) in [5.74, 6) is -0.711. The Morgan fingerprint density at radius 3 is 2.36 bits per heavy atom. The van der Waals surface area contributed by atoms with Gasteiger partial charge in [-0.15, -0.1) is 0 Å². The first kappa shape index (κ1) is 10.4. The van der Waals surface area contributed by atoms with E-state index in [0.29, 0.717) is 5.92 Å². The lowest BCUT2D eigenvalue weighted by atomic mass is 10.2. The van der Waals surface area contributed by atoms with Crippen LogP contribution in [0.5, 0.6) is 0 Å². The molecule has 0 aliphatic carbocycles. The number of carbonyl (C=O) groups is 1. The fourth-order valence-electron chi connectivity index (χ4n) is 0.596. The van der Waals surface area contributed by atoms with Gasteiger partial charge in [0.15, 0.2) is 6.10 Å². The zero-order valence-corrected chi connectivity index (χ0v) is 6.87. The van der Waals surface area contributed by atoms with Gasteiger partial charge in [0.2, 0.25) is 0 Å². The van der Waals surface area contributed by atoms with Crippen molar-refractivity contribution >= 4 is 5.97 Å². The molecule has 0 rings (SSSR count). The molecule has 0 aromatic heterocycles. The van der Waals surface area contributed by atoms with Crippen molar-refractivity contribution in [2.45, 2.75) is 20.0 Å². The van der Waals surface area contributed by atoms with Crippen molar-refractivity contribution < 1.29 is 15.0 Å². The van der Waals surface area contributed by atoms with Gasteiger partial charge in [0.05, 0.1) is 0 Å². The summed E-state index contributed by atoms with van der Waals surface area (Å²) in [7, 11) is 0. The van der Waals surface area contributed by atoms with Crippen LogP contribution in [0.3, 0.4) is 0 Å². The van der Waals surface area contributed by atoms with Crippen molar-refractivity contribution in [1.82, 2.24) is 5.32 Å². The van der Waals surface area contributed by atoms with Crippen LogP contribution in [0.4, 0.5) is 0 Å². The van der Waals surface area contributed by atoms with Crippen LogP contribution in [0.25, 0.3) is 0 Å². The van der Waals surface area contributed by atoms with Crippen molar-refractivity contribution in [3.8, 4) is 0 Å². The third-order valence-electron chi connectivity index (χ3n) is 1.18. The number of nitrogens with one attached hydrogen (secondary N) is 1. The van der Waals surface area contributed by atoms with Crippen molar-refractivity contribution in [1.29, 1.82) is 0 Å². The molecule has 0 radical (unpaired) electrons. The molecule has 3 N–H and O–H groups in total. The largest absolute Gasteiger partial charge is 0.479 e. The zero-order chi connectivity index (χ0) is 8.85. The zero-order valence-electron chi connectivity index (χ0n) is 6.87. The predicted molar refractivity (Wildman–Crippen MR) is 41.4 cm³/mol. The van der Waals surface area contributed by atoms with E-state index >= 15 is 0 Å². The van der Waals surface area contributed by atoms with Gasteiger partial charge in [-0.05, 0) is 12.5 Å². The monoisotopic (exact) mass is 161 g/mol. The van der Waals surface area contributed by atoms with Crippen LogP contribution in [0.15, 0.2) is 0 Å². The second-order valence-electron chi connectivity index (χ2n) is 2.91. The molecular weight excluding hydrogens is 146 g/mol. The lowest BCUT2D eigenvalue weighted by Crippen LogP contribution is -2.34. The van der Waals surface area contributed by atoms with Crippen LogP contribution in [0, 0.1) is 5.92 Å². The summed E-state index contributed by atoms with van der Waals surface area (Å²) in [5.41, 5.74) is 0. The van der Waals surface area contributed by atoms with Crippen LogP contribution < -0.4 is 5.32 Å². The van der Waals surface area contributed by atoms with Gasteiger partial charge in [-0.3, -0.25) is 0 Å². The van der Waals surface area contributed by atoms with Gasteiger partial charge in [0, 0.05) is 6.54 Å². The lowest BCUT2D eigenvalue weighted by Gasteiger charge is -2.08. The molecule has 4 nitrogen and oxygen atoms in total. The Morgan fingerprint density at radius 2 is 2.00 bits per heavy atom. The van der Waals surface area contributed by atoms with Crippen LogP contribution in [0.2, 0.25) is 0 Å². The van der Waals surface area contributed by atoms with Gasteiger partial charge < -0.3 is 15.5 Å². The minimum absolute atomic E-state index is 0.119. The molecule has 0 heterocycles. The van der Waals surface area contributed by atoms with E-state index in [2.05, 4.69) is 5.32 Å². The fraction of sp³-hybridized carbons (Fsp3) is 0.857. The molecule has 0 saturated heterocycles. The number of aliphatic hydroxyl groups excluding tert-OH is 1. The van der Waals surface area contributed by atoms with Gasteiger partial charge >= 0.3 is 5.97 Å². The summed E-state index contributed by atoms with van der Waals surface area (Å²) in [6.45, 7) is 4.87. The summed E-state index contributed by atoms with van der Waals surface area (Å²) < 4.78 is 0. The molecule has 0 aliphatic rings. The summed E-state index contributed by atoms with van der Waals surface area (Å²) in [4.78, 5) is 10.1. The Hall–Kier alpha value is -0.610. The third-order valence-corrected chi connectivity index (χ3v) is 1.18.